The number of benzene rings is 11. The molecule has 5 heterocycles. The van der Waals surface area contributed by atoms with E-state index in [0.29, 0.717) is 0 Å². The second-order valence-corrected chi connectivity index (χ2v) is 19.8. The van der Waals surface area contributed by atoms with Crippen LogP contribution in [-0.2, 0) is 0 Å². The molecule has 0 aliphatic carbocycles. The summed E-state index contributed by atoms with van der Waals surface area (Å²) in [6.45, 7) is 0. The molecule has 0 spiro atoms. The smallest absolute Gasteiger partial charge is 0.136 e. The predicted molar refractivity (Wildman–Crippen MR) is 311 cm³/mol. The van der Waals surface area contributed by atoms with Gasteiger partial charge in [0.15, 0.2) is 0 Å². The van der Waals surface area contributed by atoms with Gasteiger partial charge in [-0.25, -0.2) is 4.98 Å². The number of hydrogen-bond donors (Lipinski definition) is 0. The van der Waals surface area contributed by atoms with Gasteiger partial charge >= 0.3 is 0 Å². The van der Waals surface area contributed by atoms with Gasteiger partial charge in [-0.05, 0) is 159 Å². The van der Waals surface area contributed by atoms with Crippen LogP contribution in [0.15, 0.2) is 266 Å². The Labute approximate surface area is 435 Å². The summed E-state index contributed by atoms with van der Waals surface area (Å²) < 4.78 is 25.5. The van der Waals surface area contributed by atoms with Gasteiger partial charge in [0, 0.05) is 54.2 Å². The highest BCUT2D eigenvalue weighted by molar-refractivity contribution is 6.15. The number of nitrogens with zero attached hydrogens (tertiary/aromatic N) is 1. The Hall–Kier alpha value is -10.2. The molecular weight excluding hydrogens is 931 g/mol. The SMILES string of the molecule is c1ccc(-c2cc(-c3ccc(-c4cccc5oc6ccccc6c45)c(-c4ccc5oc6ccccc6c5c4)c3)cc(-c3cc(-c4ccc5oc6ccccc6c5c4)cc(-c4ccc5oc6ccccc6c5c4)c3)n2)cc1. The Morgan fingerprint density at radius 3 is 1.20 bits per heavy atom. The molecule has 5 heteroatoms. The van der Waals surface area contributed by atoms with E-state index in [1.165, 1.54) is 0 Å². The minimum absolute atomic E-state index is 0.856. The van der Waals surface area contributed by atoms with E-state index >= 15 is 0 Å². The first-order chi connectivity index (χ1) is 37.6. The van der Waals surface area contributed by atoms with Crippen LogP contribution in [0.4, 0.5) is 0 Å². The summed E-state index contributed by atoms with van der Waals surface area (Å²) >= 11 is 0. The van der Waals surface area contributed by atoms with Crippen molar-refractivity contribution in [2.24, 2.45) is 0 Å². The Balaban J connectivity index is 0.925. The molecule has 5 nitrogen and oxygen atoms in total. The summed E-state index contributed by atoms with van der Waals surface area (Å²) in [7, 11) is 0. The van der Waals surface area contributed by atoms with Gasteiger partial charge in [-0.3, -0.25) is 0 Å². The minimum Gasteiger partial charge on any atom is -0.456 e. The highest BCUT2D eigenvalue weighted by Crippen LogP contribution is 2.45. The Bertz CT molecular complexity index is 4880. The van der Waals surface area contributed by atoms with E-state index in [-0.39, 0.29) is 0 Å². The van der Waals surface area contributed by atoms with Crippen LogP contribution >= 0.6 is 0 Å². The van der Waals surface area contributed by atoms with Crippen molar-refractivity contribution in [3.63, 3.8) is 0 Å². The van der Waals surface area contributed by atoms with Gasteiger partial charge in [-0.1, -0.05) is 146 Å². The molecule has 76 heavy (non-hydrogen) atoms. The van der Waals surface area contributed by atoms with Crippen molar-refractivity contribution in [2.75, 3.05) is 0 Å². The van der Waals surface area contributed by atoms with Crippen molar-refractivity contribution in [1.29, 1.82) is 0 Å². The summed E-state index contributed by atoms with van der Waals surface area (Å²) in [5.41, 5.74) is 21.5. The summed E-state index contributed by atoms with van der Waals surface area (Å²) in [5.74, 6) is 0. The predicted octanol–water partition coefficient (Wildman–Crippen LogP) is 20.3. The minimum atomic E-state index is 0.856. The molecule has 354 valence electrons. The number of fused-ring (bicyclic) bond motifs is 12. The molecule has 0 aliphatic rings. The molecule has 0 saturated heterocycles. The lowest BCUT2D eigenvalue weighted by Crippen LogP contribution is -1.94. The summed E-state index contributed by atoms with van der Waals surface area (Å²) in [5, 5.41) is 8.68. The Morgan fingerprint density at radius 2 is 0.605 bits per heavy atom. The fourth-order valence-electron chi connectivity index (χ4n) is 11.6. The van der Waals surface area contributed by atoms with E-state index in [4.69, 9.17) is 22.7 Å². The van der Waals surface area contributed by atoms with Gasteiger partial charge in [0.2, 0.25) is 0 Å². The number of para-hydroxylation sites is 4. The lowest BCUT2D eigenvalue weighted by Gasteiger charge is -2.16. The largest absolute Gasteiger partial charge is 0.456 e. The van der Waals surface area contributed by atoms with E-state index in [0.717, 1.165) is 166 Å². The molecule has 16 aromatic rings. The maximum Gasteiger partial charge on any atom is 0.136 e. The highest BCUT2D eigenvalue weighted by atomic mass is 16.3. The number of aromatic nitrogens is 1. The van der Waals surface area contributed by atoms with Crippen LogP contribution in [0, 0.1) is 0 Å². The lowest BCUT2D eigenvalue weighted by molar-refractivity contribution is 0.668. The lowest BCUT2D eigenvalue weighted by atomic mass is 9.88. The van der Waals surface area contributed by atoms with Crippen LogP contribution in [0.1, 0.15) is 0 Å². The monoisotopic (exact) mass is 971 g/mol. The van der Waals surface area contributed by atoms with E-state index in [1.54, 1.807) is 0 Å². The number of rotatable bonds is 7. The third kappa shape index (κ3) is 6.83. The quantitative estimate of drug-likeness (QED) is 0.159. The topological polar surface area (TPSA) is 65.5 Å². The fraction of sp³-hybridized carbons (Fsp3) is 0. The average molecular weight is 972 g/mol. The van der Waals surface area contributed by atoms with Crippen molar-refractivity contribution in [2.45, 2.75) is 0 Å². The van der Waals surface area contributed by atoms with Crippen LogP contribution in [0.3, 0.4) is 0 Å². The summed E-state index contributed by atoms with van der Waals surface area (Å²) in [6.07, 6.45) is 0. The van der Waals surface area contributed by atoms with Gasteiger partial charge in [-0.15, -0.1) is 0 Å². The summed E-state index contributed by atoms with van der Waals surface area (Å²) in [6, 6.07) is 87.8. The van der Waals surface area contributed by atoms with Gasteiger partial charge in [0.1, 0.15) is 44.7 Å². The molecule has 0 aliphatic heterocycles. The standard InChI is InChI=1S/C71H41NO4/c1-2-13-42(14-3-1)61-40-49(43-25-29-51(55-19-12-24-70-71(55)56-18-7-11-23-66(56)76-70)57(36-43)46-28-32-69-60(39-46)54-17-6-10-22-65(54)75-69)41-62(72-61)50-34-47(44-26-30-67-58(37-44)52-15-4-8-20-63(52)73-67)33-48(35-50)45-27-31-68-59(38-45)53-16-5-9-21-64(53)74-68/h1-41H. The molecule has 0 saturated carbocycles. The molecule has 0 amide bonds. The maximum absolute atomic E-state index is 6.47. The third-order valence-corrected chi connectivity index (χ3v) is 15.3. The Kier molecular flexibility index (Phi) is 9.27. The van der Waals surface area contributed by atoms with Gasteiger partial charge in [-0.2, -0.15) is 0 Å². The normalized spacial score (nSPS) is 11.9. The van der Waals surface area contributed by atoms with Gasteiger partial charge in [0.05, 0.1) is 11.4 Å². The summed E-state index contributed by atoms with van der Waals surface area (Å²) in [4.78, 5) is 5.54. The first-order valence-corrected chi connectivity index (χ1v) is 25.6. The third-order valence-electron chi connectivity index (χ3n) is 15.3. The Morgan fingerprint density at radius 1 is 0.197 bits per heavy atom. The van der Waals surface area contributed by atoms with Crippen LogP contribution in [-0.4, -0.2) is 4.98 Å². The van der Waals surface area contributed by atoms with Crippen LogP contribution < -0.4 is 0 Å². The molecule has 11 aromatic carbocycles. The second-order valence-electron chi connectivity index (χ2n) is 19.8. The molecule has 0 atom stereocenters. The number of pyridine rings is 1. The van der Waals surface area contributed by atoms with Crippen molar-refractivity contribution in [3.05, 3.63) is 249 Å². The highest BCUT2D eigenvalue weighted by Gasteiger charge is 2.20. The molecule has 0 N–H and O–H groups in total. The molecule has 5 aromatic heterocycles. The van der Waals surface area contributed by atoms with E-state index in [2.05, 4.69) is 200 Å². The number of hydrogen-bond acceptors (Lipinski definition) is 5. The zero-order chi connectivity index (χ0) is 49.8. The first kappa shape index (κ1) is 42.3. The van der Waals surface area contributed by atoms with Gasteiger partial charge < -0.3 is 17.7 Å². The fourth-order valence-corrected chi connectivity index (χ4v) is 11.6. The van der Waals surface area contributed by atoms with Crippen molar-refractivity contribution in [1.82, 2.24) is 4.98 Å². The van der Waals surface area contributed by atoms with Crippen molar-refractivity contribution < 1.29 is 17.7 Å². The molecule has 0 fully saturated rings. The second kappa shape index (κ2) is 16.7. The van der Waals surface area contributed by atoms with Gasteiger partial charge in [0.25, 0.3) is 0 Å². The molecule has 0 bridgehead atoms. The van der Waals surface area contributed by atoms with E-state index in [1.807, 2.05) is 48.5 Å². The van der Waals surface area contributed by atoms with Crippen molar-refractivity contribution >= 4 is 87.8 Å². The molecular formula is C71H41NO4. The number of furan rings is 4. The van der Waals surface area contributed by atoms with Crippen molar-refractivity contribution in [3.8, 4) is 78.1 Å². The molecule has 16 rings (SSSR count). The molecule has 0 unspecified atom stereocenters. The average Bonchev–Trinajstić information content (AvgIpc) is 4.28. The van der Waals surface area contributed by atoms with Crippen LogP contribution in [0.5, 0.6) is 0 Å². The first-order valence-electron chi connectivity index (χ1n) is 25.6. The maximum atomic E-state index is 6.47. The van der Waals surface area contributed by atoms with E-state index < -0.39 is 0 Å². The molecule has 0 radical (unpaired) electrons. The van der Waals surface area contributed by atoms with E-state index in [9.17, 15) is 0 Å². The van der Waals surface area contributed by atoms with Crippen LogP contribution in [0.25, 0.3) is 166 Å². The zero-order valence-electron chi connectivity index (χ0n) is 40.8. The van der Waals surface area contributed by atoms with Crippen LogP contribution in [0.2, 0.25) is 0 Å². The zero-order valence-corrected chi connectivity index (χ0v) is 40.8.